The summed E-state index contributed by atoms with van der Waals surface area (Å²) in [4.78, 5) is 11.6. The minimum Gasteiger partial charge on any atom is -0.480 e. The maximum atomic E-state index is 12.5. The number of alkyl halides is 3. The molecular formula is C12H9F3N2O3. The summed E-state index contributed by atoms with van der Waals surface area (Å²) in [6.07, 6.45) is -4.55. The van der Waals surface area contributed by atoms with Crippen molar-refractivity contribution in [1.82, 2.24) is 0 Å². The van der Waals surface area contributed by atoms with Gasteiger partial charge < -0.3 is 15.2 Å². The van der Waals surface area contributed by atoms with Crippen LogP contribution < -0.4 is 5.32 Å². The van der Waals surface area contributed by atoms with Crippen molar-refractivity contribution in [1.29, 1.82) is 5.26 Å². The van der Waals surface area contributed by atoms with Gasteiger partial charge >= 0.3 is 12.1 Å². The normalized spacial score (nSPS) is 12.2. The van der Waals surface area contributed by atoms with Gasteiger partial charge in [-0.15, -0.1) is 0 Å². The summed E-state index contributed by atoms with van der Waals surface area (Å²) in [7, 11) is 1.03. The molecule has 0 saturated carbocycles. The third-order valence-corrected chi connectivity index (χ3v) is 2.19. The van der Waals surface area contributed by atoms with Crippen LogP contribution in [0, 0.1) is 11.3 Å². The number of ether oxygens (including phenoxy) is 1. The van der Waals surface area contributed by atoms with Crippen LogP contribution in [0.1, 0.15) is 5.56 Å². The lowest BCUT2D eigenvalue weighted by Gasteiger charge is -2.09. The Morgan fingerprint density at radius 3 is 2.60 bits per heavy atom. The number of hydrogen-bond acceptors (Lipinski definition) is 4. The first kappa shape index (κ1) is 15.4. The highest BCUT2D eigenvalue weighted by Gasteiger charge is 2.30. The summed E-state index contributed by atoms with van der Waals surface area (Å²) in [5.41, 5.74) is -1.86. The number of halogens is 3. The number of carbonyl (C=O) groups excluding carboxylic acids is 1. The van der Waals surface area contributed by atoms with Crippen molar-refractivity contribution in [2.75, 3.05) is 12.4 Å². The van der Waals surface area contributed by atoms with Crippen LogP contribution in [0.25, 0.3) is 0 Å². The SMILES string of the molecule is CO/C(O)=C(/C#N)C(=O)Nc1cccc(C(F)(F)F)c1. The summed E-state index contributed by atoms with van der Waals surface area (Å²) in [6.45, 7) is 0. The van der Waals surface area contributed by atoms with E-state index in [1.54, 1.807) is 0 Å². The average molecular weight is 286 g/mol. The van der Waals surface area contributed by atoms with Gasteiger partial charge in [-0.1, -0.05) is 6.07 Å². The van der Waals surface area contributed by atoms with E-state index in [1.807, 2.05) is 0 Å². The molecule has 0 fully saturated rings. The zero-order valence-corrected chi connectivity index (χ0v) is 10.2. The minimum absolute atomic E-state index is 0.165. The summed E-state index contributed by atoms with van der Waals surface area (Å²) >= 11 is 0. The topological polar surface area (TPSA) is 82.3 Å². The van der Waals surface area contributed by atoms with Crippen LogP contribution in [0.3, 0.4) is 0 Å². The quantitative estimate of drug-likeness (QED) is 0.508. The first-order chi connectivity index (χ1) is 9.29. The number of amides is 1. The maximum Gasteiger partial charge on any atom is 0.416 e. The Labute approximate surface area is 111 Å². The molecule has 0 aliphatic rings. The van der Waals surface area contributed by atoms with Gasteiger partial charge in [0.2, 0.25) is 0 Å². The van der Waals surface area contributed by atoms with E-state index in [2.05, 4.69) is 10.1 Å². The van der Waals surface area contributed by atoms with Crippen LogP contribution in [0.2, 0.25) is 0 Å². The van der Waals surface area contributed by atoms with Crippen LogP contribution in [0.15, 0.2) is 35.8 Å². The number of nitriles is 1. The molecule has 0 saturated heterocycles. The molecule has 0 aromatic heterocycles. The third-order valence-electron chi connectivity index (χ3n) is 2.19. The molecule has 0 atom stereocenters. The van der Waals surface area contributed by atoms with Gasteiger partial charge in [0.15, 0.2) is 5.57 Å². The number of aliphatic hydroxyl groups excluding tert-OH is 1. The Balaban J connectivity index is 3.01. The number of methoxy groups -OCH3 is 1. The number of nitrogens with one attached hydrogen (secondary N) is 1. The van der Waals surface area contributed by atoms with Crippen LogP contribution in [0.5, 0.6) is 0 Å². The number of hydrogen-bond donors (Lipinski definition) is 2. The molecule has 1 rings (SSSR count). The van der Waals surface area contributed by atoms with Crippen molar-refractivity contribution in [3.8, 4) is 6.07 Å². The zero-order chi connectivity index (χ0) is 15.3. The fraction of sp³-hybridized carbons (Fsp3) is 0.167. The molecule has 20 heavy (non-hydrogen) atoms. The van der Waals surface area contributed by atoms with Crippen LogP contribution in [-0.4, -0.2) is 18.1 Å². The first-order valence-corrected chi connectivity index (χ1v) is 5.15. The molecular weight excluding hydrogens is 277 g/mol. The number of aliphatic hydroxyl groups is 1. The van der Waals surface area contributed by atoms with Gasteiger partial charge in [0, 0.05) is 5.69 Å². The molecule has 5 nitrogen and oxygen atoms in total. The minimum atomic E-state index is -4.55. The highest BCUT2D eigenvalue weighted by atomic mass is 19.4. The maximum absolute atomic E-state index is 12.5. The summed E-state index contributed by atoms with van der Waals surface area (Å²) in [5.74, 6) is -2.00. The first-order valence-electron chi connectivity index (χ1n) is 5.15. The Hall–Kier alpha value is -2.69. The van der Waals surface area contributed by atoms with Crippen LogP contribution in [0.4, 0.5) is 18.9 Å². The largest absolute Gasteiger partial charge is 0.480 e. The van der Waals surface area contributed by atoms with E-state index in [4.69, 9.17) is 10.4 Å². The van der Waals surface area contributed by atoms with Crippen LogP contribution in [-0.2, 0) is 15.7 Å². The zero-order valence-electron chi connectivity index (χ0n) is 10.2. The molecule has 0 aliphatic carbocycles. The van der Waals surface area contributed by atoms with Crippen molar-refractivity contribution >= 4 is 11.6 Å². The molecule has 1 amide bonds. The van der Waals surface area contributed by atoms with Crippen LogP contribution >= 0.6 is 0 Å². The van der Waals surface area contributed by atoms with Gasteiger partial charge in [-0.2, -0.15) is 18.4 Å². The van der Waals surface area contributed by atoms with Gasteiger partial charge in [0.05, 0.1) is 12.7 Å². The van der Waals surface area contributed by atoms with Gasteiger partial charge in [0.25, 0.3) is 5.91 Å². The second kappa shape index (κ2) is 5.97. The second-order valence-corrected chi connectivity index (χ2v) is 3.53. The average Bonchev–Trinajstić information content (AvgIpc) is 2.38. The van der Waals surface area contributed by atoms with E-state index < -0.39 is 29.2 Å². The Morgan fingerprint density at radius 2 is 2.10 bits per heavy atom. The second-order valence-electron chi connectivity index (χ2n) is 3.53. The molecule has 0 radical (unpaired) electrons. The fourth-order valence-electron chi connectivity index (χ4n) is 1.26. The Kier molecular flexibility index (Phi) is 4.59. The Morgan fingerprint density at radius 1 is 1.45 bits per heavy atom. The van der Waals surface area contributed by atoms with E-state index in [9.17, 15) is 18.0 Å². The van der Waals surface area contributed by atoms with E-state index >= 15 is 0 Å². The molecule has 1 aromatic rings. The van der Waals surface area contributed by atoms with Crippen molar-refractivity contribution in [2.45, 2.75) is 6.18 Å². The molecule has 0 heterocycles. The van der Waals surface area contributed by atoms with Gasteiger partial charge in [0.1, 0.15) is 6.07 Å². The van der Waals surface area contributed by atoms with E-state index in [-0.39, 0.29) is 5.69 Å². The predicted molar refractivity (Wildman–Crippen MR) is 62.4 cm³/mol. The lowest BCUT2D eigenvalue weighted by Crippen LogP contribution is -2.16. The number of anilines is 1. The number of rotatable bonds is 3. The number of nitrogens with zero attached hydrogens (tertiary/aromatic N) is 1. The van der Waals surface area contributed by atoms with Gasteiger partial charge in [-0.05, 0) is 18.2 Å². The Bertz CT molecular complexity index is 588. The lowest BCUT2D eigenvalue weighted by atomic mass is 10.2. The summed E-state index contributed by atoms with van der Waals surface area (Å²) in [6, 6.07) is 5.25. The van der Waals surface area contributed by atoms with Crippen molar-refractivity contribution in [2.24, 2.45) is 0 Å². The third kappa shape index (κ3) is 3.65. The van der Waals surface area contributed by atoms with E-state index in [0.717, 1.165) is 19.2 Å². The predicted octanol–water partition coefficient (Wildman–Crippen LogP) is 2.58. The number of carbonyl (C=O) groups is 1. The number of benzene rings is 1. The molecule has 106 valence electrons. The van der Waals surface area contributed by atoms with Gasteiger partial charge in [-0.25, -0.2) is 0 Å². The fourth-order valence-corrected chi connectivity index (χ4v) is 1.26. The molecule has 2 N–H and O–H groups in total. The van der Waals surface area contributed by atoms with Crippen molar-refractivity contribution < 1.29 is 27.8 Å². The van der Waals surface area contributed by atoms with E-state index in [0.29, 0.717) is 6.07 Å². The molecule has 0 bridgehead atoms. The molecule has 0 spiro atoms. The summed E-state index contributed by atoms with van der Waals surface area (Å²) in [5, 5.41) is 19.9. The van der Waals surface area contributed by atoms with Crippen molar-refractivity contribution in [3.63, 3.8) is 0 Å². The summed E-state index contributed by atoms with van der Waals surface area (Å²) < 4.78 is 41.7. The smallest absolute Gasteiger partial charge is 0.416 e. The highest BCUT2D eigenvalue weighted by Crippen LogP contribution is 2.30. The monoisotopic (exact) mass is 286 g/mol. The van der Waals surface area contributed by atoms with Gasteiger partial charge in [-0.3, -0.25) is 4.79 Å². The van der Waals surface area contributed by atoms with E-state index in [1.165, 1.54) is 12.1 Å². The molecule has 0 unspecified atom stereocenters. The highest BCUT2D eigenvalue weighted by molar-refractivity contribution is 6.06. The lowest BCUT2D eigenvalue weighted by molar-refractivity contribution is -0.137. The standard InChI is InChI=1S/C12H9F3N2O3/c1-20-11(19)9(6-16)10(18)17-8-4-2-3-7(5-8)12(13,14)15/h2-5,19H,1H3,(H,17,18)/b11-9-. The molecule has 8 heteroatoms. The molecule has 1 aromatic carbocycles. The molecule has 0 aliphatic heterocycles. The van der Waals surface area contributed by atoms with Crippen molar-refractivity contribution in [3.05, 3.63) is 41.3 Å².